The van der Waals surface area contributed by atoms with Crippen LogP contribution in [0.2, 0.25) is 0 Å². The van der Waals surface area contributed by atoms with Crippen LogP contribution in [-0.4, -0.2) is 16.3 Å². The standard InChI is InChI=1S/C14H25N3/c1-3-4-5-6-10-15-13-8-7-9-14-12(13)11-16-17(14)2/h11,13,15H,3-10H2,1-2H3. The van der Waals surface area contributed by atoms with Gasteiger partial charge in [-0.25, -0.2) is 0 Å². The van der Waals surface area contributed by atoms with E-state index in [2.05, 4.69) is 30.6 Å². The molecule has 1 aromatic rings. The van der Waals surface area contributed by atoms with E-state index < -0.39 is 0 Å². The summed E-state index contributed by atoms with van der Waals surface area (Å²) in [7, 11) is 2.06. The van der Waals surface area contributed by atoms with Gasteiger partial charge in [0.2, 0.25) is 0 Å². The van der Waals surface area contributed by atoms with Crippen LogP contribution < -0.4 is 5.32 Å². The zero-order valence-electron chi connectivity index (χ0n) is 11.2. The Balaban J connectivity index is 1.82. The molecule has 3 heteroatoms. The van der Waals surface area contributed by atoms with E-state index in [1.54, 1.807) is 0 Å². The SMILES string of the molecule is CCCCCCNC1CCCc2c1cnn2C. The van der Waals surface area contributed by atoms with E-state index in [0.717, 1.165) is 6.54 Å². The van der Waals surface area contributed by atoms with Crippen LogP contribution in [-0.2, 0) is 13.5 Å². The van der Waals surface area contributed by atoms with Crippen molar-refractivity contribution in [3.63, 3.8) is 0 Å². The molecule has 0 saturated heterocycles. The van der Waals surface area contributed by atoms with E-state index in [0.29, 0.717) is 6.04 Å². The van der Waals surface area contributed by atoms with Crippen molar-refractivity contribution in [2.24, 2.45) is 7.05 Å². The largest absolute Gasteiger partial charge is 0.310 e. The highest BCUT2D eigenvalue weighted by Crippen LogP contribution is 2.28. The van der Waals surface area contributed by atoms with Crippen molar-refractivity contribution in [2.45, 2.75) is 57.9 Å². The number of unbranched alkanes of at least 4 members (excludes halogenated alkanes) is 3. The lowest BCUT2D eigenvalue weighted by molar-refractivity contribution is 0.443. The molecule has 1 heterocycles. The number of aryl methyl sites for hydroxylation is 1. The summed E-state index contributed by atoms with van der Waals surface area (Å²) >= 11 is 0. The van der Waals surface area contributed by atoms with Gasteiger partial charge in [0.15, 0.2) is 0 Å². The van der Waals surface area contributed by atoms with Crippen molar-refractivity contribution >= 4 is 0 Å². The fourth-order valence-electron chi connectivity index (χ4n) is 2.75. The molecule has 1 N–H and O–H groups in total. The van der Waals surface area contributed by atoms with E-state index in [1.807, 2.05) is 4.68 Å². The van der Waals surface area contributed by atoms with E-state index in [4.69, 9.17) is 0 Å². The van der Waals surface area contributed by atoms with Gasteiger partial charge in [0, 0.05) is 24.3 Å². The molecule has 0 aliphatic heterocycles. The van der Waals surface area contributed by atoms with Gasteiger partial charge in [0.1, 0.15) is 0 Å². The fraction of sp³-hybridized carbons (Fsp3) is 0.786. The second-order valence-electron chi connectivity index (χ2n) is 5.13. The Bertz CT molecular complexity index is 343. The normalized spacial score (nSPS) is 19.3. The van der Waals surface area contributed by atoms with Crippen molar-refractivity contribution < 1.29 is 0 Å². The fourth-order valence-corrected chi connectivity index (χ4v) is 2.75. The Kier molecular flexibility index (Phi) is 4.60. The zero-order valence-corrected chi connectivity index (χ0v) is 11.2. The van der Waals surface area contributed by atoms with Crippen LogP contribution in [0.4, 0.5) is 0 Å². The minimum Gasteiger partial charge on any atom is -0.310 e. The Morgan fingerprint density at radius 1 is 1.41 bits per heavy atom. The molecule has 1 aliphatic carbocycles. The van der Waals surface area contributed by atoms with Crippen molar-refractivity contribution in [1.82, 2.24) is 15.1 Å². The molecule has 17 heavy (non-hydrogen) atoms. The average Bonchev–Trinajstić information content (AvgIpc) is 2.72. The maximum absolute atomic E-state index is 4.38. The molecule has 96 valence electrons. The van der Waals surface area contributed by atoms with Crippen molar-refractivity contribution in [3.05, 3.63) is 17.5 Å². The third kappa shape index (κ3) is 3.09. The summed E-state index contributed by atoms with van der Waals surface area (Å²) in [6, 6.07) is 0.550. The third-order valence-corrected chi connectivity index (χ3v) is 3.80. The van der Waals surface area contributed by atoms with Crippen LogP contribution in [0.5, 0.6) is 0 Å². The summed E-state index contributed by atoms with van der Waals surface area (Å²) < 4.78 is 2.04. The van der Waals surface area contributed by atoms with E-state index in [-0.39, 0.29) is 0 Å². The molecule has 0 bridgehead atoms. The van der Waals surface area contributed by atoms with Gasteiger partial charge < -0.3 is 5.32 Å². The first-order chi connectivity index (χ1) is 8.33. The van der Waals surface area contributed by atoms with E-state index in [1.165, 1.54) is 56.2 Å². The van der Waals surface area contributed by atoms with Gasteiger partial charge >= 0.3 is 0 Å². The quantitative estimate of drug-likeness (QED) is 0.768. The molecule has 0 saturated carbocycles. The summed E-state index contributed by atoms with van der Waals surface area (Å²) in [6.07, 6.45) is 11.2. The second-order valence-corrected chi connectivity index (χ2v) is 5.13. The molecule has 0 amide bonds. The molecule has 2 rings (SSSR count). The van der Waals surface area contributed by atoms with Gasteiger partial charge in [0.05, 0.1) is 6.20 Å². The Labute approximate surface area is 105 Å². The number of hydrogen-bond donors (Lipinski definition) is 1. The highest BCUT2D eigenvalue weighted by molar-refractivity contribution is 5.24. The highest BCUT2D eigenvalue weighted by Gasteiger charge is 2.22. The molecule has 3 nitrogen and oxygen atoms in total. The van der Waals surface area contributed by atoms with Crippen LogP contribution in [0.25, 0.3) is 0 Å². The molecule has 1 atom stereocenters. The topological polar surface area (TPSA) is 29.9 Å². The first kappa shape index (κ1) is 12.6. The summed E-state index contributed by atoms with van der Waals surface area (Å²) in [5.41, 5.74) is 2.87. The van der Waals surface area contributed by atoms with Gasteiger partial charge in [-0.15, -0.1) is 0 Å². The van der Waals surface area contributed by atoms with Gasteiger partial charge in [-0.05, 0) is 32.2 Å². The first-order valence-corrected chi connectivity index (χ1v) is 7.07. The Hall–Kier alpha value is -0.830. The van der Waals surface area contributed by atoms with Crippen molar-refractivity contribution in [1.29, 1.82) is 0 Å². The number of hydrogen-bond acceptors (Lipinski definition) is 2. The Morgan fingerprint density at radius 3 is 3.12 bits per heavy atom. The highest BCUT2D eigenvalue weighted by atomic mass is 15.3. The minimum absolute atomic E-state index is 0.550. The summed E-state index contributed by atoms with van der Waals surface area (Å²) in [4.78, 5) is 0. The number of fused-ring (bicyclic) bond motifs is 1. The molecule has 0 fully saturated rings. The molecule has 1 unspecified atom stereocenters. The summed E-state index contributed by atoms with van der Waals surface area (Å²) in [5, 5.41) is 8.08. The predicted octanol–water partition coefficient (Wildman–Crippen LogP) is 2.97. The molecular weight excluding hydrogens is 210 g/mol. The molecular formula is C14H25N3. The molecule has 0 spiro atoms. The van der Waals surface area contributed by atoms with E-state index in [9.17, 15) is 0 Å². The van der Waals surface area contributed by atoms with E-state index >= 15 is 0 Å². The third-order valence-electron chi connectivity index (χ3n) is 3.80. The van der Waals surface area contributed by atoms with Gasteiger partial charge in [-0.3, -0.25) is 4.68 Å². The molecule has 1 aromatic heterocycles. The Morgan fingerprint density at radius 2 is 2.29 bits per heavy atom. The molecule has 0 radical (unpaired) electrons. The van der Waals surface area contributed by atoms with Crippen LogP contribution in [0.3, 0.4) is 0 Å². The smallest absolute Gasteiger partial charge is 0.0540 e. The van der Waals surface area contributed by atoms with Crippen molar-refractivity contribution in [3.8, 4) is 0 Å². The number of nitrogens with one attached hydrogen (secondary N) is 1. The number of nitrogens with zero attached hydrogens (tertiary/aromatic N) is 2. The average molecular weight is 235 g/mol. The summed E-state index contributed by atoms with van der Waals surface area (Å²) in [5.74, 6) is 0. The monoisotopic (exact) mass is 235 g/mol. The maximum atomic E-state index is 4.38. The minimum atomic E-state index is 0.550. The van der Waals surface area contributed by atoms with Gasteiger partial charge in [-0.2, -0.15) is 5.10 Å². The van der Waals surface area contributed by atoms with Crippen LogP contribution in [0, 0.1) is 0 Å². The second kappa shape index (κ2) is 6.20. The molecule has 1 aliphatic rings. The van der Waals surface area contributed by atoms with Crippen LogP contribution >= 0.6 is 0 Å². The number of aromatic nitrogens is 2. The first-order valence-electron chi connectivity index (χ1n) is 7.07. The summed E-state index contributed by atoms with van der Waals surface area (Å²) in [6.45, 7) is 3.41. The number of rotatable bonds is 6. The lowest BCUT2D eigenvalue weighted by Gasteiger charge is -2.23. The molecule has 0 aromatic carbocycles. The van der Waals surface area contributed by atoms with Gasteiger partial charge in [-0.1, -0.05) is 26.2 Å². The van der Waals surface area contributed by atoms with Gasteiger partial charge in [0.25, 0.3) is 0 Å². The van der Waals surface area contributed by atoms with Crippen LogP contribution in [0.15, 0.2) is 6.20 Å². The lowest BCUT2D eigenvalue weighted by Crippen LogP contribution is -2.26. The van der Waals surface area contributed by atoms with Crippen molar-refractivity contribution in [2.75, 3.05) is 6.54 Å². The lowest BCUT2D eigenvalue weighted by atomic mass is 9.93. The zero-order chi connectivity index (χ0) is 12.1. The van der Waals surface area contributed by atoms with Crippen LogP contribution in [0.1, 0.15) is 62.7 Å². The predicted molar refractivity (Wildman–Crippen MR) is 71.0 cm³/mol. The maximum Gasteiger partial charge on any atom is 0.0540 e.